The van der Waals surface area contributed by atoms with Crippen molar-refractivity contribution < 1.29 is 9.47 Å². The molecular weight excluding hydrogens is 240 g/mol. The molecule has 1 unspecified atom stereocenters. The van der Waals surface area contributed by atoms with Gasteiger partial charge in [-0.05, 0) is 17.5 Å². The predicted molar refractivity (Wildman–Crippen MR) is 72.9 cm³/mol. The van der Waals surface area contributed by atoms with Crippen LogP contribution in [0.4, 0.5) is 0 Å². The Bertz CT molecular complexity index is 554. The third-order valence-electron chi connectivity index (χ3n) is 4.15. The molecular formula is C15H18N2O2. The van der Waals surface area contributed by atoms with E-state index in [1.807, 2.05) is 0 Å². The molecule has 2 aliphatic rings. The molecule has 2 fully saturated rings. The van der Waals surface area contributed by atoms with E-state index in [1.165, 1.54) is 16.6 Å². The van der Waals surface area contributed by atoms with Crippen LogP contribution in [0.5, 0.6) is 0 Å². The third kappa shape index (κ3) is 1.96. The molecule has 4 heteroatoms. The van der Waals surface area contributed by atoms with Gasteiger partial charge in [-0.2, -0.15) is 0 Å². The van der Waals surface area contributed by atoms with Crippen molar-refractivity contribution in [3.8, 4) is 0 Å². The van der Waals surface area contributed by atoms with Crippen LogP contribution in [-0.2, 0) is 9.47 Å². The number of hydrogen-bond acceptors (Lipinski definition) is 3. The zero-order chi connectivity index (χ0) is 12.7. The Morgan fingerprint density at radius 1 is 1.16 bits per heavy atom. The second kappa shape index (κ2) is 4.34. The first-order chi connectivity index (χ1) is 9.35. The van der Waals surface area contributed by atoms with Gasteiger partial charge in [0.25, 0.3) is 0 Å². The minimum Gasteiger partial charge on any atom is -0.357 e. The highest BCUT2D eigenvalue weighted by Crippen LogP contribution is 2.37. The number of hydrogen-bond donors (Lipinski definition) is 2. The van der Waals surface area contributed by atoms with Crippen LogP contribution in [0.1, 0.15) is 24.6 Å². The molecule has 0 amide bonds. The van der Waals surface area contributed by atoms with Gasteiger partial charge >= 0.3 is 0 Å². The number of fused-ring (bicyclic) bond motifs is 1. The molecule has 1 aromatic carbocycles. The summed E-state index contributed by atoms with van der Waals surface area (Å²) in [6.07, 6.45) is 1.81. The molecule has 4 rings (SSSR count). The van der Waals surface area contributed by atoms with E-state index in [4.69, 9.17) is 9.47 Å². The molecule has 0 radical (unpaired) electrons. The number of para-hydroxylation sites is 1. The van der Waals surface area contributed by atoms with E-state index in [0.29, 0.717) is 0 Å². The molecule has 1 aromatic heterocycles. The summed E-state index contributed by atoms with van der Waals surface area (Å²) in [5.41, 5.74) is 2.41. The number of H-pyrrole nitrogens is 1. The lowest BCUT2D eigenvalue weighted by atomic mass is 9.96. The minimum atomic E-state index is -0.354. The largest absolute Gasteiger partial charge is 0.357 e. The van der Waals surface area contributed by atoms with E-state index in [-0.39, 0.29) is 11.8 Å². The summed E-state index contributed by atoms with van der Waals surface area (Å²) in [6, 6.07) is 10.9. The van der Waals surface area contributed by atoms with Crippen LogP contribution >= 0.6 is 0 Å². The monoisotopic (exact) mass is 258 g/mol. The van der Waals surface area contributed by atoms with Crippen LogP contribution in [-0.4, -0.2) is 30.5 Å². The number of aromatic nitrogens is 1. The average Bonchev–Trinajstić information content (AvgIpc) is 3.05. The number of aromatic amines is 1. The van der Waals surface area contributed by atoms with Crippen molar-refractivity contribution in [3.05, 3.63) is 36.0 Å². The number of piperidine rings is 1. The summed E-state index contributed by atoms with van der Waals surface area (Å²) < 4.78 is 11.7. The highest BCUT2D eigenvalue weighted by atomic mass is 16.7. The topological polar surface area (TPSA) is 46.3 Å². The average molecular weight is 258 g/mol. The Balaban J connectivity index is 1.64. The maximum absolute atomic E-state index is 5.83. The van der Waals surface area contributed by atoms with Crippen molar-refractivity contribution in [1.82, 2.24) is 10.3 Å². The maximum Gasteiger partial charge on any atom is 0.171 e. The van der Waals surface area contributed by atoms with E-state index in [2.05, 4.69) is 40.6 Å². The Morgan fingerprint density at radius 3 is 2.84 bits per heavy atom. The standard InChI is InChI=1S/C15H18N2O2/c1-2-4-12-11(3-1)9-13(17-12)14-10-15(5-6-16-14)18-7-8-19-15/h1-4,9,14,16-17H,5-8,10H2. The molecule has 2 aliphatic heterocycles. The lowest BCUT2D eigenvalue weighted by molar-refractivity contribution is -0.180. The van der Waals surface area contributed by atoms with E-state index in [1.54, 1.807) is 0 Å². The summed E-state index contributed by atoms with van der Waals surface area (Å²) in [4.78, 5) is 3.50. The molecule has 0 aliphatic carbocycles. The van der Waals surface area contributed by atoms with Gasteiger partial charge in [0.2, 0.25) is 0 Å². The van der Waals surface area contributed by atoms with Crippen LogP contribution in [0.15, 0.2) is 30.3 Å². The molecule has 2 saturated heterocycles. The van der Waals surface area contributed by atoms with Gasteiger partial charge in [0, 0.05) is 30.6 Å². The smallest absolute Gasteiger partial charge is 0.171 e. The number of ether oxygens (including phenoxy) is 2. The molecule has 4 nitrogen and oxygen atoms in total. The normalized spacial score (nSPS) is 26.2. The fourth-order valence-corrected chi connectivity index (χ4v) is 3.18. The Morgan fingerprint density at radius 2 is 2.00 bits per heavy atom. The lowest BCUT2D eigenvalue weighted by Gasteiger charge is -2.36. The number of rotatable bonds is 1. The van der Waals surface area contributed by atoms with Crippen molar-refractivity contribution >= 4 is 10.9 Å². The quantitative estimate of drug-likeness (QED) is 0.825. The summed E-state index contributed by atoms with van der Waals surface area (Å²) in [5.74, 6) is -0.354. The van der Waals surface area contributed by atoms with Gasteiger partial charge in [0.15, 0.2) is 5.79 Å². The summed E-state index contributed by atoms with van der Waals surface area (Å²) in [5, 5.41) is 4.81. The molecule has 0 bridgehead atoms. The second-order valence-electron chi connectivity index (χ2n) is 5.38. The Labute approximate surface area is 112 Å². The van der Waals surface area contributed by atoms with Gasteiger partial charge in [0.1, 0.15) is 0 Å². The van der Waals surface area contributed by atoms with Crippen LogP contribution in [0.2, 0.25) is 0 Å². The first kappa shape index (κ1) is 11.5. The first-order valence-electron chi connectivity index (χ1n) is 6.94. The van der Waals surface area contributed by atoms with Gasteiger partial charge in [0.05, 0.1) is 19.3 Å². The number of nitrogens with one attached hydrogen (secondary N) is 2. The van der Waals surface area contributed by atoms with Gasteiger partial charge < -0.3 is 19.8 Å². The lowest BCUT2D eigenvalue weighted by Crippen LogP contribution is -2.44. The molecule has 3 heterocycles. The molecule has 100 valence electrons. The number of benzene rings is 1. The van der Waals surface area contributed by atoms with Crippen molar-refractivity contribution in [2.24, 2.45) is 0 Å². The molecule has 2 aromatic rings. The van der Waals surface area contributed by atoms with Crippen molar-refractivity contribution in [2.75, 3.05) is 19.8 Å². The minimum absolute atomic E-state index is 0.277. The van der Waals surface area contributed by atoms with E-state index < -0.39 is 0 Å². The van der Waals surface area contributed by atoms with Crippen LogP contribution in [0.3, 0.4) is 0 Å². The Hall–Kier alpha value is -1.36. The van der Waals surface area contributed by atoms with E-state index >= 15 is 0 Å². The van der Waals surface area contributed by atoms with Gasteiger partial charge in [-0.3, -0.25) is 0 Å². The molecule has 1 atom stereocenters. The highest BCUT2D eigenvalue weighted by Gasteiger charge is 2.42. The van der Waals surface area contributed by atoms with Gasteiger partial charge in [-0.15, -0.1) is 0 Å². The van der Waals surface area contributed by atoms with E-state index in [0.717, 1.165) is 32.6 Å². The van der Waals surface area contributed by atoms with Crippen molar-refractivity contribution in [3.63, 3.8) is 0 Å². The maximum atomic E-state index is 5.83. The van der Waals surface area contributed by atoms with Gasteiger partial charge in [-0.1, -0.05) is 18.2 Å². The Kier molecular flexibility index (Phi) is 2.62. The zero-order valence-corrected chi connectivity index (χ0v) is 10.8. The summed E-state index contributed by atoms with van der Waals surface area (Å²) in [7, 11) is 0. The highest BCUT2D eigenvalue weighted by molar-refractivity contribution is 5.80. The zero-order valence-electron chi connectivity index (χ0n) is 10.8. The van der Waals surface area contributed by atoms with Crippen LogP contribution in [0.25, 0.3) is 10.9 Å². The molecule has 19 heavy (non-hydrogen) atoms. The van der Waals surface area contributed by atoms with Crippen molar-refractivity contribution in [2.45, 2.75) is 24.7 Å². The van der Waals surface area contributed by atoms with Crippen LogP contribution in [0, 0.1) is 0 Å². The van der Waals surface area contributed by atoms with Crippen molar-refractivity contribution in [1.29, 1.82) is 0 Å². The second-order valence-corrected chi connectivity index (χ2v) is 5.38. The van der Waals surface area contributed by atoms with Gasteiger partial charge in [-0.25, -0.2) is 0 Å². The fourth-order valence-electron chi connectivity index (χ4n) is 3.18. The SMILES string of the molecule is c1ccc2[nH]c(C3CC4(CCN3)OCCO4)cc2c1. The first-order valence-corrected chi connectivity index (χ1v) is 6.94. The molecule has 1 spiro atoms. The van der Waals surface area contributed by atoms with E-state index in [9.17, 15) is 0 Å². The molecule has 0 saturated carbocycles. The summed E-state index contributed by atoms with van der Waals surface area (Å²) >= 11 is 0. The molecule has 2 N–H and O–H groups in total. The van der Waals surface area contributed by atoms with Crippen LogP contribution < -0.4 is 5.32 Å². The predicted octanol–water partition coefficient (Wildman–Crippen LogP) is 2.34. The third-order valence-corrected chi connectivity index (χ3v) is 4.15. The fraction of sp³-hybridized carbons (Fsp3) is 0.467. The summed E-state index contributed by atoms with van der Waals surface area (Å²) in [6.45, 7) is 2.37.